The highest BCUT2D eigenvalue weighted by molar-refractivity contribution is 5.99. The molecule has 1 aliphatic heterocycles. The van der Waals surface area contributed by atoms with Crippen molar-refractivity contribution in [3.63, 3.8) is 0 Å². The second kappa shape index (κ2) is 21.2. The van der Waals surface area contributed by atoms with E-state index in [-0.39, 0.29) is 36.6 Å². The van der Waals surface area contributed by atoms with Crippen molar-refractivity contribution in [2.24, 2.45) is 17.6 Å². The minimum atomic E-state index is -1.42. The maximum absolute atomic E-state index is 14.3. The quantitative estimate of drug-likeness (QED) is 0.136. The number of hydrogen-bond donors (Lipinski definition) is 4. The first-order valence-corrected chi connectivity index (χ1v) is 20.9. The summed E-state index contributed by atoms with van der Waals surface area (Å²) in [4.78, 5) is 86.7. The van der Waals surface area contributed by atoms with Crippen LogP contribution in [-0.4, -0.2) is 108 Å². The van der Waals surface area contributed by atoms with Crippen LogP contribution in [0.5, 0.6) is 0 Å². The molecule has 3 aromatic rings. The molecular weight excluding hydrogens is 769 g/mol. The van der Waals surface area contributed by atoms with E-state index < -0.39 is 79.1 Å². The summed E-state index contributed by atoms with van der Waals surface area (Å²) in [5, 5.41) is 9.62. The molecule has 2 heterocycles. The summed E-state index contributed by atoms with van der Waals surface area (Å²) in [6.07, 6.45) is 3.03. The van der Waals surface area contributed by atoms with Gasteiger partial charge >= 0.3 is 11.9 Å². The Labute approximate surface area is 351 Å². The van der Waals surface area contributed by atoms with Gasteiger partial charge in [-0.25, -0.2) is 14.6 Å². The molecule has 4 amide bonds. The van der Waals surface area contributed by atoms with Gasteiger partial charge in [0.15, 0.2) is 0 Å². The first kappa shape index (κ1) is 45.7. The predicted molar refractivity (Wildman–Crippen MR) is 224 cm³/mol. The SMILES string of the molecule is CC(C)OC(=O)COCC(=O)OC(CN1CCC2CCCCC2C1C(=O)NC(C)(C)C)C(Cc1ccccc1)NC(=O)C(CC(N)=O)NC(=O)c1ccc2ccccc2n1. The van der Waals surface area contributed by atoms with Gasteiger partial charge in [-0.2, -0.15) is 0 Å². The number of hydrogen-bond acceptors (Lipinski definition) is 11. The zero-order chi connectivity index (χ0) is 43.4. The second-order valence-electron chi connectivity index (χ2n) is 17.1. The van der Waals surface area contributed by atoms with Gasteiger partial charge in [-0.1, -0.05) is 73.9 Å². The third-order valence-corrected chi connectivity index (χ3v) is 10.8. The fourth-order valence-electron chi connectivity index (χ4n) is 8.22. The van der Waals surface area contributed by atoms with Crippen molar-refractivity contribution < 1.29 is 43.0 Å². The van der Waals surface area contributed by atoms with Gasteiger partial charge in [0.1, 0.15) is 31.1 Å². The monoisotopic (exact) mass is 828 g/mol. The number of carbonyl (C=O) groups is 6. The maximum Gasteiger partial charge on any atom is 0.332 e. The molecule has 1 saturated heterocycles. The van der Waals surface area contributed by atoms with Gasteiger partial charge in [0.25, 0.3) is 5.91 Å². The van der Waals surface area contributed by atoms with E-state index in [1.807, 2.05) is 68.1 Å². The van der Waals surface area contributed by atoms with Crippen LogP contribution in [0.25, 0.3) is 10.9 Å². The van der Waals surface area contributed by atoms with Gasteiger partial charge < -0.3 is 35.9 Å². The molecule has 15 heteroatoms. The van der Waals surface area contributed by atoms with Crippen molar-refractivity contribution in [3.8, 4) is 0 Å². The van der Waals surface area contributed by atoms with E-state index in [1.165, 1.54) is 6.07 Å². The molecule has 324 valence electrons. The molecule has 1 aromatic heterocycles. The van der Waals surface area contributed by atoms with Crippen molar-refractivity contribution in [1.29, 1.82) is 0 Å². The van der Waals surface area contributed by atoms with Gasteiger partial charge in [-0.3, -0.25) is 24.1 Å². The largest absolute Gasteiger partial charge is 0.461 e. The van der Waals surface area contributed by atoms with Gasteiger partial charge in [-0.15, -0.1) is 0 Å². The van der Waals surface area contributed by atoms with E-state index in [0.717, 1.165) is 43.1 Å². The smallest absolute Gasteiger partial charge is 0.332 e. The number of nitrogens with one attached hydrogen (secondary N) is 3. The van der Waals surface area contributed by atoms with Crippen LogP contribution in [0.3, 0.4) is 0 Å². The van der Waals surface area contributed by atoms with Crippen LogP contribution >= 0.6 is 0 Å². The number of esters is 2. The number of para-hydroxylation sites is 1. The van der Waals surface area contributed by atoms with Crippen LogP contribution in [0.1, 0.15) is 89.2 Å². The van der Waals surface area contributed by atoms with E-state index in [9.17, 15) is 28.8 Å². The van der Waals surface area contributed by atoms with Crippen LogP contribution in [-0.2, 0) is 44.6 Å². The molecule has 0 radical (unpaired) electrons. The predicted octanol–water partition coefficient (Wildman–Crippen LogP) is 3.61. The van der Waals surface area contributed by atoms with Crippen LogP contribution in [0.2, 0.25) is 0 Å². The normalized spacial score (nSPS) is 19.6. The number of nitrogens with two attached hydrogens (primary N) is 1. The summed E-state index contributed by atoms with van der Waals surface area (Å²) in [6.45, 7) is 8.71. The summed E-state index contributed by atoms with van der Waals surface area (Å²) in [6, 6.07) is 16.9. The summed E-state index contributed by atoms with van der Waals surface area (Å²) in [5.41, 5.74) is 6.51. The first-order valence-electron chi connectivity index (χ1n) is 20.9. The molecule has 15 nitrogen and oxygen atoms in total. The van der Waals surface area contributed by atoms with E-state index >= 15 is 0 Å². The topological polar surface area (TPSA) is 208 Å². The van der Waals surface area contributed by atoms with Crippen molar-refractivity contribution in [1.82, 2.24) is 25.8 Å². The Hall–Kier alpha value is -5.41. The number of carbonyl (C=O) groups excluding carboxylic acids is 6. The number of aromatic nitrogens is 1. The third-order valence-electron chi connectivity index (χ3n) is 10.8. The fourth-order valence-corrected chi connectivity index (χ4v) is 8.22. The molecule has 0 spiro atoms. The Morgan fingerprint density at radius 3 is 2.23 bits per heavy atom. The molecule has 2 fully saturated rings. The Bertz CT molecular complexity index is 1970. The number of amides is 4. The summed E-state index contributed by atoms with van der Waals surface area (Å²) in [7, 11) is 0. The van der Waals surface area contributed by atoms with Gasteiger partial charge in [0.2, 0.25) is 17.7 Å². The molecule has 60 heavy (non-hydrogen) atoms. The lowest BCUT2D eigenvalue weighted by molar-refractivity contribution is -0.163. The molecular formula is C45H60N6O9. The van der Waals surface area contributed by atoms with E-state index in [0.29, 0.717) is 18.0 Å². The maximum atomic E-state index is 14.3. The zero-order valence-corrected chi connectivity index (χ0v) is 35.3. The zero-order valence-electron chi connectivity index (χ0n) is 35.3. The van der Waals surface area contributed by atoms with Crippen molar-refractivity contribution in [2.75, 3.05) is 26.3 Å². The third kappa shape index (κ3) is 13.6. The Morgan fingerprint density at radius 2 is 1.53 bits per heavy atom. The number of nitrogens with zero attached hydrogens (tertiary/aromatic N) is 2. The molecule has 2 aromatic carbocycles. The van der Waals surface area contributed by atoms with Crippen LogP contribution < -0.4 is 21.7 Å². The highest BCUT2D eigenvalue weighted by atomic mass is 16.6. The van der Waals surface area contributed by atoms with Crippen LogP contribution in [0, 0.1) is 11.8 Å². The lowest BCUT2D eigenvalue weighted by atomic mass is 9.70. The molecule has 1 saturated carbocycles. The lowest BCUT2D eigenvalue weighted by Gasteiger charge is -2.48. The summed E-state index contributed by atoms with van der Waals surface area (Å²) < 4.78 is 16.7. The molecule has 6 atom stereocenters. The van der Waals surface area contributed by atoms with E-state index in [2.05, 4.69) is 20.9 Å². The summed E-state index contributed by atoms with van der Waals surface area (Å²) in [5.74, 6) is -3.41. The summed E-state index contributed by atoms with van der Waals surface area (Å²) >= 11 is 0. The molecule has 0 bridgehead atoms. The van der Waals surface area contributed by atoms with Crippen LogP contribution in [0.15, 0.2) is 66.7 Å². The number of rotatable bonds is 18. The highest BCUT2D eigenvalue weighted by Gasteiger charge is 2.45. The molecule has 6 unspecified atom stereocenters. The number of ether oxygens (including phenoxy) is 3. The number of fused-ring (bicyclic) bond motifs is 2. The van der Waals surface area contributed by atoms with Gasteiger partial charge in [0.05, 0.1) is 30.1 Å². The Morgan fingerprint density at radius 1 is 0.850 bits per heavy atom. The van der Waals surface area contributed by atoms with Crippen molar-refractivity contribution in [2.45, 2.75) is 115 Å². The molecule has 5 N–H and O–H groups in total. The average molecular weight is 829 g/mol. The van der Waals surface area contributed by atoms with E-state index in [4.69, 9.17) is 19.9 Å². The van der Waals surface area contributed by atoms with Crippen LogP contribution in [0.4, 0.5) is 0 Å². The minimum absolute atomic E-state index is 0.0339. The Kier molecular flexibility index (Phi) is 16.1. The number of pyridine rings is 1. The number of piperidine rings is 1. The van der Waals surface area contributed by atoms with E-state index in [1.54, 1.807) is 32.0 Å². The number of primary amides is 1. The van der Waals surface area contributed by atoms with Gasteiger partial charge in [-0.05, 0) is 90.0 Å². The fraction of sp³-hybridized carbons (Fsp3) is 0.533. The number of benzene rings is 2. The van der Waals surface area contributed by atoms with Gasteiger partial charge in [0, 0.05) is 17.5 Å². The second-order valence-corrected chi connectivity index (χ2v) is 17.1. The first-order chi connectivity index (χ1) is 28.6. The van der Waals surface area contributed by atoms with Crippen molar-refractivity contribution >= 4 is 46.5 Å². The molecule has 5 rings (SSSR count). The Balaban J connectivity index is 1.46. The molecule has 2 aliphatic rings. The number of likely N-dealkylation sites (tertiary alicyclic amines) is 1. The lowest BCUT2D eigenvalue weighted by Crippen LogP contribution is -2.63. The average Bonchev–Trinajstić information content (AvgIpc) is 3.19. The minimum Gasteiger partial charge on any atom is -0.461 e. The van der Waals surface area contributed by atoms with Crippen molar-refractivity contribution in [3.05, 3.63) is 78.0 Å². The highest BCUT2D eigenvalue weighted by Crippen LogP contribution is 2.40. The molecule has 1 aliphatic carbocycles. The standard InChI is InChI=1S/C45H60N6O9/c1-28(2)59-39(53)26-58-27-40(54)60-37(25-51-22-21-30-15-9-11-17-32(30)41(51)44(57)50-45(3,4)5)35(23-29-13-7-6-8-14-29)48-43(56)36(24-38(46)52)49-42(55)34-20-19-31-16-10-12-18-33(31)47-34/h6-8,10,12-14,16,18-20,28,30,32,35-37,41H,9,11,15,17,21-27H2,1-5H3,(H2,46,52)(H,48,56)(H,49,55)(H,50,57).